The van der Waals surface area contributed by atoms with E-state index in [0.717, 1.165) is 17.7 Å². The van der Waals surface area contributed by atoms with Crippen LogP contribution in [0.1, 0.15) is 44.0 Å². The first kappa shape index (κ1) is 22.1. The summed E-state index contributed by atoms with van der Waals surface area (Å²) in [4.78, 5) is 38.5. The Morgan fingerprint density at radius 1 is 1.29 bits per heavy atom. The lowest BCUT2D eigenvalue weighted by Gasteiger charge is -2.33. The van der Waals surface area contributed by atoms with Crippen LogP contribution in [0.3, 0.4) is 0 Å². The van der Waals surface area contributed by atoms with Crippen molar-refractivity contribution in [3.63, 3.8) is 0 Å². The first-order valence-corrected chi connectivity index (χ1v) is 10.4. The molecule has 1 aliphatic rings. The van der Waals surface area contributed by atoms with E-state index in [2.05, 4.69) is 5.32 Å². The number of alkyl carbamates (subject to hydrolysis) is 1. The Labute approximate surface area is 170 Å². The summed E-state index contributed by atoms with van der Waals surface area (Å²) in [5.41, 5.74) is 5.27. The summed E-state index contributed by atoms with van der Waals surface area (Å²) >= 11 is 1.27. The number of nitrogens with two attached hydrogens (primary N) is 1. The Morgan fingerprint density at radius 3 is 2.68 bits per heavy atom. The lowest BCUT2D eigenvalue weighted by molar-refractivity contribution is -0.115. The third-order valence-electron chi connectivity index (χ3n) is 4.23. The van der Waals surface area contributed by atoms with Crippen molar-refractivity contribution in [1.82, 2.24) is 10.2 Å². The quantitative estimate of drug-likeness (QED) is 0.706. The van der Waals surface area contributed by atoms with Gasteiger partial charge in [0.05, 0.1) is 11.3 Å². The van der Waals surface area contributed by atoms with Crippen LogP contribution in [0, 0.1) is 5.92 Å². The van der Waals surface area contributed by atoms with Crippen molar-refractivity contribution in [2.45, 2.75) is 44.1 Å². The summed E-state index contributed by atoms with van der Waals surface area (Å²) in [6.45, 7) is 7.18. The molecule has 0 aliphatic carbocycles. The minimum absolute atomic E-state index is 0.0606. The summed E-state index contributed by atoms with van der Waals surface area (Å²) < 4.78 is 5.26. The van der Waals surface area contributed by atoms with Gasteiger partial charge in [0.15, 0.2) is 0 Å². The molecule has 8 heteroatoms. The number of primary amides is 1. The second-order valence-electron chi connectivity index (χ2n) is 7.89. The van der Waals surface area contributed by atoms with Gasteiger partial charge < -0.3 is 20.7 Å². The molecule has 7 nitrogen and oxygen atoms in total. The molecule has 154 valence electrons. The molecule has 2 rings (SSSR count). The van der Waals surface area contributed by atoms with E-state index in [-0.39, 0.29) is 17.6 Å². The minimum Gasteiger partial charge on any atom is -0.444 e. The van der Waals surface area contributed by atoms with Crippen LogP contribution in [-0.4, -0.2) is 53.8 Å². The zero-order chi connectivity index (χ0) is 20.7. The molecule has 1 saturated heterocycles. The average molecular weight is 408 g/mol. The standard InChI is InChI=1S/C20H29N3O4S/c1-20(2,3)27-19(26)22-11-14-7-6-10-23(12-14)18(25)15-8-4-5-9-16(15)28-13-17(21)24/h4-5,8-9,14H,6-7,10-13H2,1-3H3,(H2,21,24)(H,22,26). The van der Waals surface area contributed by atoms with Gasteiger partial charge in [-0.3, -0.25) is 9.59 Å². The Balaban J connectivity index is 1.96. The van der Waals surface area contributed by atoms with Gasteiger partial charge in [-0.15, -0.1) is 11.8 Å². The molecule has 28 heavy (non-hydrogen) atoms. The van der Waals surface area contributed by atoms with E-state index in [9.17, 15) is 14.4 Å². The Morgan fingerprint density at radius 2 is 2.00 bits per heavy atom. The fourth-order valence-corrected chi connectivity index (χ4v) is 3.83. The summed E-state index contributed by atoms with van der Waals surface area (Å²) in [6, 6.07) is 7.25. The number of thioether (sulfide) groups is 1. The minimum atomic E-state index is -0.537. The number of rotatable bonds is 6. The summed E-state index contributed by atoms with van der Waals surface area (Å²) in [5, 5.41) is 2.80. The molecule has 0 aromatic heterocycles. The van der Waals surface area contributed by atoms with Crippen LogP contribution in [0.15, 0.2) is 29.2 Å². The number of piperidine rings is 1. The van der Waals surface area contributed by atoms with Crippen LogP contribution >= 0.6 is 11.8 Å². The van der Waals surface area contributed by atoms with Crippen molar-refractivity contribution in [3.05, 3.63) is 29.8 Å². The normalized spacial score (nSPS) is 17.1. The maximum atomic E-state index is 13.0. The predicted octanol–water partition coefficient (Wildman–Crippen LogP) is 2.64. The van der Waals surface area contributed by atoms with E-state index < -0.39 is 17.6 Å². The van der Waals surface area contributed by atoms with Crippen molar-refractivity contribution in [2.24, 2.45) is 11.7 Å². The number of likely N-dealkylation sites (tertiary alicyclic amines) is 1. The molecular formula is C20H29N3O4S. The highest BCUT2D eigenvalue weighted by Gasteiger charge is 2.26. The Hall–Kier alpha value is -2.22. The van der Waals surface area contributed by atoms with Crippen LogP contribution in [0.2, 0.25) is 0 Å². The maximum absolute atomic E-state index is 13.0. The van der Waals surface area contributed by atoms with Crippen LogP contribution in [0.4, 0.5) is 4.79 Å². The largest absolute Gasteiger partial charge is 0.444 e. The molecule has 1 fully saturated rings. The molecule has 0 spiro atoms. The van der Waals surface area contributed by atoms with E-state index in [1.807, 2.05) is 43.9 Å². The number of amides is 3. The second kappa shape index (κ2) is 9.82. The molecular weight excluding hydrogens is 378 g/mol. The number of nitrogens with zero attached hydrogens (tertiary/aromatic N) is 1. The summed E-state index contributed by atoms with van der Waals surface area (Å²) in [5.74, 6) is -0.170. The fourth-order valence-electron chi connectivity index (χ4n) is 3.05. The van der Waals surface area contributed by atoms with Gasteiger partial charge in [0.25, 0.3) is 5.91 Å². The highest BCUT2D eigenvalue weighted by molar-refractivity contribution is 8.00. The van der Waals surface area contributed by atoms with Gasteiger partial charge in [-0.05, 0) is 51.7 Å². The highest BCUT2D eigenvalue weighted by Crippen LogP contribution is 2.25. The van der Waals surface area contributed by atoms with Gasteiger partial charge in [-0.25, -0.2) is 4.79 Å². The molecule has 1 atom stereocenters. The molecule has 1 unspecified atom stereocenters. The van der Waals surface area contributed by atoms with Crippen LogP contribution in [-0.2, 0) is 9.53 Å². The topological polar surface area (TPSA) is 102 Å². The van der Waals surface area contributed by atoms with Crippen LogP contribution in [0.25, 0.3) is 0 Å². The first-order valence-electron chi connectivity index (χ1n) is 9.42. The van der Waals surface area contributed by atoms with Gasteiger partial charge in [0, 0.05) is 24.5 Å². The van der Waals surface area contributed by atoms with Gasteiger partial charge in [0.2, 0.25) is 5.91 Å². The van der Waals surface area contributed by atoms with E-state index in [1.54, 1.807) is 6.07 Å². The van der Waals surface area contributed by atoms with Crippen LogP contribution in [0.5, 0.6) is 0 Å². The van der Waals surface area contributed by atoms with Crippen molar-refractivity contribution >= 4 is 29.7 Å². The highest BCUT2D eigenvalue weighted by atomic mass is 32.2. The van der Waals surface area contributed by atoms with E-state index in [0.29, 0.717) is 25.2 Å². The number of nitrogens with one attached hydrogen (secondary N) is 1. The zero-order valence-electron chi connectivity index (χ0n) is 16.7. The number of carbonyl (C=O) groups excluding carboxylic acids is 3. The predicted molar refractivity (Wildman–Crippen MR) is 109 cm³/mol. The van der Waals surface area contributed by atoms with E-state index in [1.165, 1.54) is 11.8 Å². The Bertz CT molecular complexity index is 718. The lowest BCUT2D eigenvalue weighted by atomic mass is 9.97. The third-order valence-corrected chi connectivity index (χ3v) is 5.32. The second-order valence-corrected chi connectivity index (χ2v) is 8.91. The SMILES string of the molecule is CC(C)(C)OC(=O)NCC1CCCN(C(=O)c2ccccc2SCC(N)=O)C1. The number of ether oxygens (including phenoxy) is 1. The number of hydrogen-bond donors (Lipinski definition) is 2. The molecule has 0 saturated carbocycles. The molecule has 3 amide bonds. The average Bonchev–Trinajstić information content (AvgIpc) is 2.63. The lowest BCUT2D eigenvalue weighted by Crippen LogP contribution is -2.44. The maximum Gasteiger partial charge on any atom is 0.407 e. The van der Waals surface area contributed by atoms with Gasteiger partial charge in [-0.2, -0.15) is 0 Å². The Kier molecular flexibility index (Phi) is 7.74. The number of hydrogen-bond acceptors (Lipinski definition) is 5. The molecule has 3 N–H and O–H groups in total. The summed E-state index contributed by atoms with van der Waals surface area (Å²) in [6.07, 6.45) is 1.38. The molecule has 0 bridgehead atoms. The van der Waals surface area contributed by atoms with Crippen molar-refractivity contribution in [1.29, 1.82) is 0 Å². The van der Waals surface area contributed by atoms with Crippen molar-refractivity contribution in [3.8, 4) is 0 Å². The smallest absolute Gasteiger partial charge is 0.407 e. The van der Waals surface area contributed by atoms with E-state index in [4.69, 9.17) is 10.5 Å². The van der Waals surface area contributed by atoms with Gasteiger partial charge in [0.1, 0.15) is 5.60 Å². The third kappa shape index (κ3) is 7.07. The fraction of sp³-hybridized carbons (Fsp3) is 0.550. The van der Waals surface area contributed by atoms with E-state index >= 15 is 0 Å². The van der Waals surface area contributed by atoms with Crippen molar-refractivity contribution < 1.29 is 19.1 Å². The first-order chi connectivity index (χ1) is 13.2. The van der Waals surface area contributed by atoms with Crippen molar-refractivity contribution in [2.75, 3.05) is 25.4 Å². The van der Waals surface area contributed by atoms with Crippen LogP contribution < -0.4 is 11.1 Å². The number of carbonyl (C=O) groups is 3. The molecule has 1 aliphatic heterocycles. The van der Waals surface area contributed by atoms with Gasteiger partial charge >= 0.3 is 6.09 Å². The molecule has 1 aromatic rings. The molecule has 1 heterocycles. The number of benzene rings is 1. The van der Waals surface area contributed by atoms with Gasteiger partial charge in [-0.1, -0.05) is 12.1 Å². The molecule has 0 radical (unpaired) electrons. The molecule has 1 aromatic carbocycles. The summed E-state index contributed by atoms with van der Waals surface area (Å²) in [7, 11) is 0. The monoisotopic (exact) mass is 407 g/mol. The zero-order valence-corrected chi connectivity index (χ0v) is 17.5.